The molecule has 0 aromatic heterocycles. The van der Waals surface area contributed by atoms with Crippen molar-refractivity contribution in [2.75, 3.05) is 19.0 Å². The Kier molecular flexibility index (Phi) is 6.39. The Balaban J connectivity index is 2.48. The molecule has 100 valence electrons. The van der Waals surface area contributed by atoms with E-state index in [1.54, 1.807) is 7.11 Å². The minimum atomic E-state index is -0.00722. The van der Waals surface area contributed by atoms with Crippen LogP contribution in [0.25, 0.3) is 0 Å². The molecule has 1 amide bonds. The molecule has 0 aliphatic heterocycles. The number of ether oxygens (including phenoxy) is 1. The van der Waals surface area contributed by atoms with E-state index in [-0.39, 0.29) is 11.8 Å². The summed E-state index contributed by atoms with van der Waals surface area (Å²) >= 11 is 0. The highest BCUT2D eigenvalue weighted by Crippen LogP contribution is 2.13. The van der Waals surface area contributed by atoms with Gasteiger partial charge in [0.05, 0.1) is 6.61 Å². The molecule has 0 radical (unpaired) electrons. The minimum Gasteiger partial charge on any atom is -0.380 e. The van der Waals surface area contributed by atoms with E-state index in [1.807, 2.05) is 31.2 Å². The van der Waals surface area contributed by atoms with Crippen molar-refractivity contribution in [3.63, 3.8) is 0 Å². The second-order valence-corrected chi connectivity index (χ2v) is 4.45. The molecule has 0 saturated heterocycles. The van der Waals surface area contributed by atoms with Crippen LogP contribution in [0.5, 0.6) is 0 Å². The SMILES string of the molecule is COCc1ccc(NC(=O)C(C)CCCN)cc1. The van der Waals surface area contributed by atoms with Gasteiger partial charge in [-0.05, 0) is 37.1 Å². The summed E-state index contributed by atoms with van der Waals surface area (Å²) in [6, 6.07) is 7.68. The summed E-state index contributed by atoms with van der Waals surface area (Å²) in [5, 5.41) is 2.90. The van der Waals surface area contributed by atoms with Crippen LogP contribution in [0.4, 0.5) is 5.69 Å². The first-order valence-electron chi connectivity index (χ1n) is 6.26. The minimum absolute atomic E-state index is 0.00722. The van der Waals surface area contributed by atoms with E-state index in [0.29, 0.717) is 13.2 Å². The number of methoxy groups -OCH3 is 1. The lowest BCUT2D eigenvalue weighted by Crippen LogP contribution is -2.21. The van der Waals surface area contributed by atoms with Crippen LogP contribution in [0.1, 0.15) is 25.3 Å². The molecule has 0 spiro atoms. The van der Waals surface area contributed by atoms with Gasteiger partial charge in [-0.3, -0.25) is 4.79 Å². The Morgan fingerprint density at radius 2 is 2.06 bits per heavy atom. The van der Waals surface area contributed by atoms with E-state index in [1.165, 1.54) is 0 Å². The number of amides is 1. The van der Waals surface area contributed by atoms with E-state index in [4.69, 9.17) is 10.5 Å². The van der Waals surface area contributed by atoms with Crippen LogP contribution in [0.3, 0.4) is 0 Å². The monoisotopic (exact) mass is 250 g/mol. The molecular formula is C14H22N2O2. The van der Waals surface area contributed by atoms with Gasteiger partial charge in [0.1, 0.15) is 0 Å². The molecule has 18 heavy (non-hydrogen) atoms. The first-order valence-corrected chi connectivity index (χ1v) is 6.26. The Morgan fingerprint density at radius 1 is 1.39 bits per heavy atom. The molecular weight excluding hydrogens is 228 g/mol. The predicted octanol–water partition coefficient (Wildman–Crippen LogP) is 2.15. The van der Waals surface area contributed by atoms with Gasteiger partial charge in [-0.25, -0.2) is 0 Å². The molecule has 0 aliphatic carbocycles. The second-order valence-electron chi connectivity index (χ2n) is 4.45. The van der Waals surface area contributed by atoms with Crippen LogP contribution >= 0.6 is 0 Å². The summed E-state index contributed by atoms with van der Waals surface area (Å²) in [5.41, 5.74) is 7.34. The van der Waals surface area contributed by atoms with Crippen molar-refractivity contribution in [1.29, 1.82) is 0 Å². The molecule has 0 saturated carbocycles. The predicted molar refractivity (Wildman–Crippen MR) is 73.2 cm³/mol. The van der Waals surface area contributed by atoms with Crippen LogP contribution in [0.2, 0.25) is 0 Å². The summed E-state index contributed by atoms with van der Waals surface area (Å²) in [4.78, 5) is 11.9. The Morgan fingerprint density at radius 3 is 2.61 bits per heavy atom. The zero-order valence-electron chi connectivity index (χ0n) is 11.1. The van der Waals surface area contributed by atoms with Crippen molar-refractivity contribution in [1.82, 2.24) is 0 Å². The van der Waals surface area contributed by atoms with Crippen molar-refractivity contribution >= 4 is 11.6 Å². The molecule has 1 unspecified atom stereocenters. The maximum Gasteiger partial charge on any atom is 0.227 e. The number of rotatable bonds is 7. The zero-order chi connectivity index (χ0) is 13.4. The van der Waals surface area contributed by atoms with E-state index in [2.05, 4.69) is 5.32 Å². The molecule has 1 rings (SSSR count). The highest BCUT2D eigenvalue weighted by molar-refractivity contribution is 5.92. The molecule has 3 N–H and O–H groups in total. The van der Waals surface area contributed by atoms with Gasteiger partial charge in [0, 0.05) is 18.7 Å². The fraction of sp³-hybridized carbons (Fsp3) is 0.500. The summed E-state index contributed by atoms with van der Waals surface area (Å²) < 4.78 is 5.03. The third-order valence-corrected chi connectivity index (χ3v) is 2.82. The molecule has 1 aromatic carbocycles. The molecule has 1 atom stereocenters. The smallest absolute Gasteiger partial charge is 0.227 e. The number of nitrogens with two attached hydrogens (primary N) is 1. The normalized spacial score (nSPS) is 12.2. The third kappa shape index (κ3) is 4.85. The Hall–Kier alpha value is -1.39. The van der Waals surface area contributed by atoms with Gasteiger partial charge in [-0.15, -0.1) is 0 Å². The number of anilines is 1. The van der Waals surface area contributed by atoms with Gasteiger partial charge >= 0.3 is 0 Å². The average Bonchev–Trinajstić information content (AvgIpc) is 2.38. The molecule has 4 nitrogen and oxygen atoms in total. The van der Waals surface area contributed by atoms with Gasteiger partial charge in [0.2, 0.25) is 5.91 Å². The van der Waals surface area contributed by atoms with Gasteiger partial charge in [0.25, 0.3) is 0 Å². The maximum atomic E-state index is 11.9. The number of benzene rings is 1. The van der Waals surface area contributed by atoms with Gasteiger partial charge in [0.15, 0.2) is 0 Å². The topological polar surface area (TPSA) is 64.3 Å². The largest absolute Gasteiger partial charge is 0.380 e. The Bertz CT molecular complexity index is 363. The molecule has 0 bridgehead atoms. The van der Waals surface area contributed by atoms with E-state index in [9.17, 15) is 4.79 Å². The summed E-state index contributed by atoms with van der Waals surface area (Å²) in [6.45, 7) is 3.13. The number of carbonyl (C=O) groups excluding carboxylic acids is 1. The molecule has 0 heterocycles. The number of carbonyl (C=O) groups is 1. The first kappa shape index (κ1) is 14.7. The van der Waals surface area contributed by atoms with Gasteiger partial charge in [-0.2, -0.15) is 0 Å². The molecule has 1 aromatic rings. The van der Waals surface area contributed by atoms with Crippen LogP contribution in [-0.4, -0.2) is 19.6 Å². The molecule has 0 aliphatic rings. The van der Waals surface area contributed by atoms with Crippen molar-refractivity contribution in [3.8, 4) is 0 Å². The lowest BCUT2D eigenvalue weighted by molar-refractivity contribution is -0.119. The van der Waals surface area contributed by atoms with E-state index < -0.39 is 0 Å². The quantitative estimate of drug-likeness (QED) is 0.779. The van der Waals surface area contributed by atoms with Crippen molar-refractivity contribution in [3.05, 3.63) is 29.8 Å². The van der Waals surface area contributed by atoms with Gasteiger partial charge < -0.3 is 15.8 Å². The maximum absolute atomic E-state index is 11.9. The standard InChI is InChI=1S/C14H22N2O2/c1-11(4-3-9-15)14(17)16-13-7-5-12(6-8-13)10-18-2/h5-8,11H,3-4,9-10,15H2,1-2H3,(H,16,17). The van der Waals surface area contributed by atoms with Crippen LogP contribution < -0.4 is 11.1 Å². The third-order valence-electron chi connectivity index (χ3n) is 2.82. The van der Waals surface area contributed by atoms with Crippen molar-refractivity contribution < 1.29 is 9.53 Å². The highest BCUT2D eigenvalue weighted by Gasteiger charge is 2.12. The number of nitrogens with one attached hydrogen (secondary N) is 1. The van der Waals surface area contributed by atoms with Crippen molar-refractivity contribution in [2.45, 2.75) is 26.4 Å². The number of hydrogen-bond acceptors (Lipinski definition) is 3. The lowest BCUT2D eigenvalue weighted by atomic mass is 10.0. The number of hydrogen-bond donors (Lipinski definition) is 2. The summed E-state index contributed by atoms with van der Waals surface area (Å²) in [5.74, 6) is 0.0372. The first-order chi connectivity index (χ1) is 8.67. The Labute approximate surface area is 109 Å². The van der Waals surface area contributed by atoms with E-state index >= 15 is 0 Å². The fourth-order valence-electron chi connectivity index (χ4n) is 1.67. The average molecular weight is 250 g/mol. The molecule has 0 fully saturated rings. The van der Waals surface area contributed by atoms with E-state index in [0.717, 1.165) is 24.1 Å². The van der Waals surface area contributed by atoms with Gasteiger partial charge in [-0.1, -0.05) is 19.1 Å². The molecule has 4 heteroatoms. The summed E-state index contributed by atoms with van der Waals surface area (Å²) in [6.07, 6.45) is 1.70. The van der Waals surface area contributed by atoms with Crippen LogP contribution in [-0.2, 0) is 16.1 Å². The lowest BCUT2D eigenvalue weighted by Gasteiger charge is -2.12. The van der Waals surface area contributed by atoms with Crippen molar-refractivity contribution in [2.24, 2.45) is 11.7 Å². The van der Waals surface area contributed by atoms with Crippen LogP contribution in [0.15, 0.2) is 24.3 Å². The zero-order valence-corrected chi connectivity index (χ0v) is 11.1. The highest BCUT2D eigenvalue weighted by atomic mass is 16.5. The second kappa shape index (κ2) is 7.84. The van der Waals surface area contributed by atoms with Crippen LogP contribution in [0, 0.1) is 5.92 Å². The summed E-state index contributed by atoms with van der Waals surface area (Å²) in [7, 11) is 1.66. The fourth-order valence-corrected chi connectivity index (χ4v) is 1.67.